The van der Waals surface area contributed by atoms with E-state index in [1.807, 2.05) is 0 Å². The Morgan fingerprint density at radius 1 is 1.29 bits per heavy atom. The molecule has 1 saturated heterocycles. The van der Waals surface area contributed by atoms with Crippen molar-refractivity contribution >= 4 is 0 Å². The molecule has 2 heteroatoms. The Hall–Kier alpha value is -0.0800. The minimum Gasteiger partial charge on any atom is -0.314 e. The van der Waals surface area contributed by atoms with Crippen LogP contribution in [0.3, 0.4) is 0 Å². The van der Waals surface area contributed by atoms with Crippen molar-refractivity contribution in [3.63, 3.8) is 0 Å². The standard InChI is InChI=1S/C15H32N2/c1-5-9-17-10-7-8-15(12-17)14(4)16-11-13(3)6-2/h13-16H,5-12H2,1-4H3. The van der Waals surface area contributed by atoms with Gasteiger partial charge < -0.3 is 10.2 Å². The van der Waals surface area contributed by atoms with Crippen LogP contribution in [-0.2, 0) is 0 Å². The lowest BCUT2D eigenvalue weighted by Gasteiger charge is -2.36. The highest BCUT2D eigenvalue weighted by Gasteiger charge is 2.23. The van der Waals surface area contributed by atoms with Gasteiger partial charge in [-0.05, 0) is 57.7 Å². The van der Waals surface area contributed by atoms with Crippen LogP contribution in [0.5, 0.6) is 0 Å². The van der Waals surface area contributed by atoms with Crippen molar-refractivity contribution in [3.05, 3.63) is 0 Å². The van der Waals surface area contributed by atoms with E-state index in [1.165, 1.54) is 51.9 Å². The molecule has 1 aliphatic rings. The molecule has 2 nitrogen and oxygen atoms in total. The van der Waals surface area contributed by atoms with Gasteiger partial charge in [0, 0.05) is 12.6 Å². The maximum atomic E-state index is 3.74. The molecule has 0 saturated carbocycles. The molecule has 102 valence electrons. The lowest BCUT2D eigenvalue weighted by atomic mass is 9.91. The third-order valence-corrected chi connectivity index (χ3v) is 4.27. The van der Waals surface area contributed by atoms with Crippen molar-refractivity contribution in [2.24, 2.45) is 11.8 Å². The van der Waals surface area contributed by atoms with Gasteiger partial charge >= 0.3 is 0 Å². The molecule has 0 spiro atoms. The Labute approximate surface area is 108 Å². The molecule has 0 aromatic rings. The first-order chi connectivity index (χ1) is 8.17. The Balaban J connectivity index is 2.27. The smallest absolute Gasteiger partial charge is 0.00793 e. The van der Waals surface area contributed by atoms with E-state index >= 15 is 0 Å². The molecule has 0 bridgehead atoms. The van der Waals surface area contributed by atoms with Crippen LogP contribution in [0.15, 0.2) is 0 Å². The van der Waals surface area contributed by atoms with Crippen molar-refractivity contribution in [1.82, 2.24) is 10.2 Å². The zero-order valence-electron chi connectivity index (χ0n) is 12.3. The van der Waals surface area contributed by atoms with Gasteiger partial charge in [0.05, 0.1) is 0 Å². The Morgan fingerprint density at radius 2 is 2.06 bits per heavy atom. The zero-order chi connectivity index (χ0) is 12.7. The lowest BCUT2D eigenvalue weighted by Crippen LogP contribution is -2.45. The predicted octanol–water partition coefficient (Wildman–Crippen LogP) is 3.13. The fourth-order valence-corrected chi connectivity index (χ4v) is 2.72. The molecule has 17 heavy (non-hydrogen) atoms. The number of hydrogen-bond donors (Lipinski definition) is 1. The van der Waals surface area contributed by atoms with Gasteiger partial charge in [-0.3, -0.25) is 0 Å². The fraction of sp³-hybridized carbons (Fsp3) is 1.00. The topological polar surface area (TPSA) is 15.3 Å². The van der Waals surface area contributed by atoms with Crippen LogP contribution in [0.4, 0.5) is 0 Å². The van der Waals surface area contributed by atoms with Crippen molar-refractivity contribution in [2.75, 3.05) is 26.2 Å². The predicted molar refractivity (Wildman–Crippen MR) is 76.4 cm³/mol. The second kappa shape index (κ2) is 8.10. The van der Waals surface area contributed by atoms with Crippen molar-refractivity contribution < 1.29 is 0 Å². The number of likely N-dealkylation sites (tertiary alicyclic amines) is 1. The number of piperidine rings is 1. The van der Waals surface area contributed by atoms with Crippen LogP contribution in [0.2, 0.25) is 0 Å². The minimum atomic E-state index is 0.684. The van der Waals surface area contributed by atoms with Crippen molar-refractivity contribution in [2.45, 2.75) is 59.4 Å². The van der Waals surface area contributed by atoms with E-state index in [1.54, 1.807) is 0 Å². The van der Waals surface area contributed by atoms with E-state index in [0.29, 0.717) is 6.04 Å². The molecule has 0 aliphatic carbocycles. The average Bonchev–Trinajstić information content (AvgIpc) is 2.36. The van der Waals surface area contributed by atoms with Crippen LogP contribution in [0.25, 0.3) is 0 Å². The summed E-state index contributed by atoms with van der Waals surface area (Å²) < 4.78 is 0. The lowest BCUT2D eigenvalue weighted by molar-refractivity contribution is 0.149. The van der Waals surface area contributed by atoms with E-state index in [-0.39, 0.29) is 0 Å². The first-order valence-electron chi connectivity index (χ1n) is 7.63. The Bertz CT molecular complexity index is 191. The maximum Gasteiger partial charge on any atom is 0.00793 e. The van der Waals surface area contributed by atoms with E-state index in [4.69, 9.17) is 0 Å². The number of rotatable bonds is 7. The summed E-state index contributed by atoms with van der Waals surface area (Å²) in [7, 11) is 0. The van der Waals surface area contributed by atoms with Crippen LogP contribution >= 0.6 is 0 Å². The van der Waals surface area contributed by atoms with Gasteiger partial charge in [-0.2, -0.15) is 0 Å². The molecular formula is C15H32N2. The Morgan fingerprint density at radius 3 is 2.71 bits per heavy atom. The van der Waals surface area contributed by atoms with E-state index in [9.17, 15) is 0 Å². The van der Waals surface area contributed by atoms with Crippen molar-refractivity contribution in [3.8, 4) is 0 Å². The molecule has 0 aromatic carbocycles. The normalized spacial score (nSPS) is 25.8. The summed E-state index contributed by atoms with van der Waals surface area (Å²) in [4.78, 5) is 2.65. The van der Waals surface area contributed by atoms with Crippen LogP contribution in [0.1, 0.15) is 53.4 Å². The first-order valence-corrected chi connectivity index (χ1v) is 7.63. The summed E-state index contributed by atoms with van der Waals surface area (Å²) in [6, 6.07) is 0.684. The number of hydrogen-bond acceptors (Lipinski definition) is 2. The van der Waals surface area contributed by atoms with E-state index in [2.05, 4.69) is 37.9 Å². The van der Waals surface area contributed by atoms with Gasteiger partial charge in [0.1, 0.15) is 0 Å². The SMILES string of the molecule is CCCN1CCCC(C(C)NCC(C)CC)C1. The minimum absolute atomic E-state index is 0.684. The molecule has 1 N–H and O–H groups in total. The fourth-order valence-electron chi connectivity index (χ4n) is 2.72. The molecule has 0 radical (unpaired) electrons. The largest absolute Gasteiger partial charge is 0.314 e. The van der Waals surface area contributed by atoms with E-state index in [0.717, 1.165) is 11.8 Å². The van der Waals surface area contributed by atoms with Gasteiger partial charge in [-0.25, -0.2) is 0 Å². The quantitative estimate of drug-likeness (QED) is 0.735. The maximum absolute atomic E-state index is 3.74. The molecule has 3 unspecified atom stereocenters. The van der Waals surface area contributed by atoms with Gasteiger partial charge in [0.2, 0.25) is 0 Å². The molecule has 1 heterocycles. The van der Waals surface area contributed by atoms with E-state index < -0.39 is 0 Å². The summed E-state index contributed by atoms with van der Waals surface area (Å²) in [5.41, 5.74) is 0. The zero-order valence-corrected chi connectivity index (χ0v) is 12.3. The summed E-state index contributed by atoms with van der Waals surface area (Å²) >= 11 is 0. The highest BCUT2D eigenvalue weighted by molar-refractivity contribution is 4.80. The van der Waals surface area contributed by atoms with Crippen LogP contribution in [-0.4, -0.2) is 37.1 Å². The highest BCUT2D eigenvalue weighted by Crippen LogP contribution is 2.20. The molecule has 0 amide bonds. The van der Waals surface area contributed by atoms with Crippen LogP contribution < -0.4 is 5.32 Å². The molecule has 1 rings (SSSR count). The second-order valence-electron chi connectivity index (χ2n) is 5.91. The molecular weight excluding hydrogens is 208 g/mol. The number of nitrogens with zero attached hydrogens (tertiary/aromatic N) is 1. The van der Waals surface area contributed by atoms with Gasteiger partial charge in [-0.1, -0.05) is 27.2 Å². The summed E-state index contributed by atoms with van der Waals surface area (Å²) in [6.07, 6.45) is 5.38. The summed E-state index contributed by atoms with van der Waals surface area (Å²) in [6.45, 7) is 14.4. The molecule has 1 fully saturated rings. The molecule has 0 aromatic heterocycles. The molecule has 1 aliphatic heterocycles. The summed E-state index contributed by atoms with van der Waals surface area (Å²) in [5.74, 6) is 1.67. The Kier molecular flexibility index (Phi) is 7.14. The number of nitrogens with one attached hydrogen (secondary N) is 1. The van der Waals surface area contributed by atoms with Crippen molar-refractivity contribution in [1.29, 1.82) is 0 Å². The molecule has 3 atom stereocenters. The third-order valence-electron chi connectivity index (χ3n) is 4.27. The van der Waals surface area contributed by atoms with Crippen LogP contribution in [0, 0.1) is 11.8 Å². The summed E-state index contributed by atoms with van der Waals surface area (Å²) in [5, 5.41) is 3.74. The third kappa shape index (κ3) is 5.39. The van der Waals surface area contributed by atoms with Gasteiger partial charge in [0.15, 0.2) is 0 Å². The van der Waals surface area contributed by atoms with Gasteiger partial charge in [0.25, 0.3) is 0 Å². The second-order valence-corrected chi connectivity index (χ2v) is 5.91. The monoisotopic (exact) mass is 240 g/mol. The highest BCUT2D eigenvalue weighted by atomic mass is 15.1. The average molecular weight is 240 g/mol. The first kappa shape index (κ1) is 15.0. The van der Waals surface area contributed by atoms with Gasteiger partial charge in [-0.15, -0.1) is 0 Å².